The Bertz CT molecular complexity index is 1070. The van der Waals surface area contributed by atoms with Gasteiger partial charge in [-0.2, -0.15) is 0 Å². The molecule has 4 rings (SSSR count). The summed E-state index contributed by atoms with van der Waals surface area (Å²) in [6, 6.07) is 23.3. The lowest BCUT2D eigenvalue weighted by atomic mass is 10.2. The van der Waals surface area contributed by atoms with Gasteiger partial charge in [-0.1, -0.05) is 48.5 Å². The van der Waals surface area contributed by atoms with E-state index in [0.29, 0.717) is 12.4 Å². The monoisotopic (exact) mass is 369 g/mol. The van der Waals surface area contributed by atoms with Crippen LogP contribution in [0, 0.1) is 0 Å². The minimum Gasteiger partial charge on any atom is -0.489 e. The fourth-order valence-electron chi connectivity index (χ4n) is 2.75. The molecule has 0 saturated carbocycles. The van der Waals surface area contributed by atoms with Gasteiger partial charge >= 0.3 is 0 Å². The first kappa shape index (κ1) is 17.5. The van der Waals surface area contributed by atoms with Gasteiger partial charge in [-0.25, -0.2) is 4.98 Å². The predicted molar refractivity (Wildman–Crippen MR) is 110 cm³/mol. The molecule has 0 spiro atoms. The van der Waals surface area contributed by atoms with Crippen LogP contribution in [0.3, 0.4) is 0 Å². The predicted octanol–water partition coefficient (Wildman–Crippen LogP) is 4.57. The lowest BCUT2D eigenvalue weighted by molar-refractivity contribution is -0.111. The number of fused-ring (bicyclic) bond motifs is 1. The number of carbonyl (C=O) groups excluding carboxylic acids is 1. The van der Waals surface area contributed by atoms with Crippen molar-refractivity contribution >= 4 is 23.4 Å². The third kappa shape index (κ3) is 4.45. The molecule has 1 amide bonds. The van der Waals surface area contributed by atoms with Gasteiger partial charge in [0.2, 0.25) is 5.91 Å². The Morgan fingerprint density at radius 1 is 1.00 bits per heavy atom. The number of amides is 1. The number of ether oxygens (including phenoxy) is 1. The van der Waals surface area contributed by atoms with Crippen molar-refractivity contribution < 1.29 is 9.53 Å². The number of anilines is 1. The molecule has 28 heavy (non-hydrogen) atoms. The molecule has 0 bridgehead atoms. The average molecular weight is 369 g/mol. The summed E-state index contributed by atoms with van der Waals surface area (Å²) in [5, 5.41) is 2.77. The number of benzene rings is 2. The van der Waals surface area contributed by atoms with E-state index in [1.807, 2.05) is 83.4 Å². The normalized spacial score (nSPS) is 11.0. The summed E-state index contributed by atoms with van der Waals surface area (Å²) < 4.78 is 7.62. The topological polar surface area (TPSA) is 55.6 Å². The molecule has 2 heterocycles. The van der Waals surface area contributed by atoms with Crippen molar-refractivity contribution in [2.24, 2.45) is 0 Å². The molecular weight excluding hydrogens is 350 g/mol. The van der Waals surface area contributed by atoms with Crippen LogP contribution < -0.4 is 10.1 Å². The molecule has 0 aliphatic rings. The van der Waals surface area contributed by atoms with Crippen LogP contribution >= 0.6 is 0 Å². The van der Waals surface area contributed by atoms with Gasteiger partial charge in [-0.15, -0.1) is 0 Å². The van der Waals surface area contributed by atoms with E-state index < -0.39 is 0 Å². The zero-order chi connectivity index (χ0) is 19.2. The molecule has 5 nitrogen and oxygen atoms in total. The number of imidazole rings is 1. The Hall–Kier alpha value is -3.86. The first-order valence-corrected chi connectivity index (χ1v) is 8.96. The lowest BCUT2D eigenvalue weighted by Crippen LogP contribution is -2.07. The van der Waals surface area contributed by atoms with E-state index in [9.17, 15) is 4.79 Å². The maximum Gasteiger partial charge on any atom is 0.249 e. The number of nitrogens with one attached hydrogen (secondary N) is 1. The highest BCUT2D eigenvalue weighted by molar-refractivity contribution is 6.01. The number of hydrogen-bond acceptors (Lipinski definition) is 3. The fraction of sp³-hybridized carbons (Fsp3) is 0.0435. The van der Waals surface area contributed by atoms with Crippen molar-refractivity contribution in [2.45, 2.75) is 6.61 Å². The molecule has 1 N–H and O–H groups in total. The molecule has 2 aromatic carbocycles. The summed E-state index contributed by atoms with van der Waals surface area (Å²) in [7, 11) is 0. The molecule has 0 aliphatic heterocycles. The SMILES string of the molecule is O=C(/C=C/c1ccc(OCc2ccccc2)cc1)Nc1cn2ccccc2n1. The van der Waals surface area contributed by atoms with Crippen molar-refractivity contribution in [3.05, 3.63) is 102 Å². The quantitative estimate of drug-likeness (QED) is 0.507. The third-order valence-electron chi connectivity index (χ3n) is 4.17. The second-order valence-corrected chi connectivity index (χ2v) is 6.26. The Balaban J connectivity index is 1.32. The zero-order valence-corrected chi connectivity index (χ0v) is 15.2. The Labute approximate surface area is 162 Å². The molecule has 0 fully saturated rings. The van der Waals surface area contributed by atoms with Gasteiger partial charge in [-0.3, -0.25) is 4.79 Å². The van der Waals surface area contributed by atoms with Crippen molar-refractivity contribution in [2.75, 3.05) is 5.32 Å². The highest BCUT2D eigenvalue weighted by Crippen LogP contribution is 2.15. The Morgan fingerprint density at radius 3 is 2.57 bits per heavy atom. The Kier molecular flexibility index (Phi) is 5.15. The molecule has 138 valence electrons. The van der Waals surface area contributed by atoms with E-state index in [4.69, 9.17) is 4.74 Å². The molecule has 0 radical (unpaired) electrons. The smallest absolute Gasteiger partial charge is 0.249 e. The van der Waals surface area contributed by atoms with Crippen LogP contribution in [-0.2, 0) is 11.4 Å². The number of aromatic nitrogens is 2. The highest BCUT2D eigenvalue weighted by atomic mass is 16.5. The molecule has 0 aliphatic carbocycles. The van der Waals surface area contributed by atoms with Crippen molar-refractivity contribution in [1.82, 2.24) is 9.38 Å². The first-order chi connectivity index (χ1) is 13.8. The fourth-order valence-corrected chi connectivity index (χ4v) is 2.75. The molecular formula is C23H19N3O2. The van der Waals surface area contributed by atoms with Gasteiger partial charge in [0, 0.05) is 12.3 Å². The van der Waals surface area contributed by atoms with Crippen molar-refractivity contribution in [3.8, 4) is 5.75 Å². The average Bonchev–Trinajstić information content (AvgIpc) is 3.14. The van der Waals surface area contributed by atoms with Gasteiger partial charge in [0.1, 0.15) is 18.0 Å². The van der Waals surface area contributed by atoms with Crippen molar-refractivity contribution in [1.29, 1.82) is 0 Å². The minimum absolute atomic E-state index is 0.229. The van der Waals surface area contributed by atoms with Crippen molar-refractivity contribution in [3.63, 3.8) is 0 Å². The number of hydrogen-bond donors (Lipinski definition) is 1. The third-order valence-corrected chi connectivity index (χ3v) is 4.17. The molecule has 5 heteroatoms. The molecule has 2 aromatic heterocycles. The van der Waals surface area contributed by atoms with E-state index in [-0.39, 0.29) is 5.91 Å². The van der Waals surface area contributed by atoms with E-state index >= 15 is 0 Å². The van der Waals surface area contributed by atoms with Crippen LogP contribution in [0.1, 0.15) is 11.1 Å². The van der Waals surface area contributed by atoms with Crippen LogP contribution in [0.15, 0.2) is 91.3 Å². The van der Waals surface area contributed by atoms with Crippen LogP contribution in [0.25, 0.3) is 11.7 Å². The largest absolute Gasteiger partial charge is 0.489 e. The maximum atomic E-state index is 12.1. The first-order valence-electron chi connectivity index (χ1n) is 8.96. The second-order valence-electron chi connectivity index (χ2n) is 6.26. The summed E-state index contributed by atoms with van der Waals surface area (Å²) in [6.45, 7) is 0.525. The number of nitrogens with zero attached hydrogens (tertiary/aromatic N) is 2. The molecule has 0 saturated heterocycles. The van der Waals surface area contributed by atoms with E-state index in [2.05, 4.69) is 10.3 Å². The summed E-state index contributed by atoms with van der Waals surface area (Å²) in [5.41, 5.74) is 2.82. The van der Waals surface area contributed by atoms with E-state index in [0.717, 1.165) is 22.5 Å². The van der Waals surface area contributed by atoms with Gasteiger partial charge in [0.25, 0.3) is 0 Å². The summed E-state index contributed by atoms with van der Waals surface area (Å²) >= 11 is 0. The summed E-state index contributed by atoms with van der Waals surface area (Å²) in [5.74, 6) is 1.08. The summed E-state index contributed by atoms with van der Waals surface area (Å²) in [4.78, 5) is 16.5. The van der Waals surface area contributed by atoms with Gasteiger partial charge in [-0.05, 0) is 41.5 Å². The zero-order valence-electron chi connectivity index (χ0n) is 15.2. The van der Waals surface area contributed by atoms with Crippen LogP contribution in [0.2, 0.25) is 0 Å². The lowest BCUT2D eigenvalue weighted by Gasteiger charge is -2.06. The standard InChI is InChI=1S/C23H19N3O2/c27-23(25-21-16-26-15-5-4-8-22(26)24-21)14-11-18-9-12-20(13-10-18)28-17-19-6-2-1-3-7-19/h1-16H,17H2,(H,25,27)/b14-11+. The maximum absolute atomic E-state index is 12.1. The van der Waals surface area contributed by atoms with Crippen LogP contribution in [0.5, 0.6) is 5.75 Å². The summed E-state index contributed by atoms with van der Waals surface area (Å²) in [6.07, 6.45) is 6.91. The second kappa shape index (κ2) is 8.22. The minimum atomic E-state index is -0.229. The number of rotatable bonds is 6. The molecule has 4 aromatic rings. The van der Waals surface area contributed by atoms with Crippen LogP contribution in [-0.4, -0.2) is 15.3 Å². The van der Waals surface area contributed by atoms with E-state index in [1.54, 1.807) is 12.3 Å². The van der Waals surface area contributed by atoms with Gasteiger partial charge in [0.15, 0.2) is 5.82 Å². The van der Waals surface area contributed by atoms with Gasteiger partial charge < -0.3 is 14.5 Å². The number of pyridine rings is 1. The van der Waals surface area contributed by atoms with E-state index in [1.165, 1.54) is 6.08 Å². The van der Waals surface area contributed by atoms with Gasteiger partial charge in [0.05, 0.1) is 6.20 Å². The van der Waals surface area contributed by atoms with Crippen LogP contribution in [0.4, 0.5) is 5.82 Å². The Morgan fingerprint density at radius 2 is 1.79 bits per heavy atom. The molecule has 0 unspecified atom stereocenters. The highest BCUT2D eigenvalue weighted by Gasteiger charge is 2.03. The molecule has 0 atom stereocenters. The number of carbonyl (C=O) groups is 1.